The Balaban J connectivity index is 1.77. The fraction of sp³-hybridized carbons (Fsp3) is 0.286. The number of sulfonamides is 1. The number of rotatable bonds is 6. The Bertz CT molecular complexity index is 951. The molecule has 2 aromatic rings. The number of nitrogens with one attached hydrogen (secondary N) is 2. The van der Waals surface area contributed by atoms with Crippen LogP contribution in [0.4, 0.5) is 5.69 Å². The van der Waals surface area contributed by atoms with E-state index < -0.39 is 10.0 Å². The van der Waals surface area contributed by atoms with Gasteiger partial charge in [-0.15, -0.1) is 0 Å². The Labute approximate surface area is 160 Å². The van der Waals surface area contributed by atoms with Crippen LogP contribution >= 0.6 is 0 Å². The molecule has 0 fully saturated rings. The molecule has 0 bridgehead atoms. The molecule has 1 amide bonds. The summed E-state index contributed by atoms with van der Waals surface area (Å²) in [5, 5.41) is 2.89. The highest BCUT2D eigenvalue weighted by atomic mass is 32.2. The summed E-state index contributed by atoms with van der Waals surface area (Å²) in [5.74, 6) is -0.266. The third-order valence-corrected chi connectivity index (χ3v) is 6.15. The largest absolute Gasteiger partial charge is 0.348 e. The minimum absolute atomic E-state index is 0.107. The lowest BCUT2D eigenvalue weighted by molar-refractivity contribution is 0.0956. The third-order valence-electron chi connectivity index (χ3n) is 4.63. The lowest BCUT2D eigenvalue weighted by Gasteiger charge is -2.14. The number of hydrogen-bond donors (Lipinski definition) is 2. The zero-order chi connectivity index (χ0) is 19.3. The monoisotopic (exact) mass is 384 g/mol. The predicted molar refractivity (Wildman–Crippen MR) is 107 cm³/mol. The summed E-state index contributed by atoms with van der Waals surface area (Å²) >= 11 is 0. The molecule has 0 saturated carbocycles. The third kappa shape index (κ3) is 4.98. The van der Waals surface area contributed by atoms with Gasteiger partial charge in [0.15, 0.2) is 0 Å². The molecule has 0 aliphatic heterocycles. The van der Waals surface area contributed by atoms with Crippen LogP contribution in [-0.2, 0) is 10.0 Å². The predicted octanol–water partition coefficient (Wildman–Crippen LogP) is 4.03. The second-order valence-corrected chi connectivity index (χ2v) is 8.39. The maximum absolute atomic E-state index is 12.8. The molecule has 5 nitrogen and oxygen atoms in total. The second kappa shape index (κ2) is 8.39. The molecule has 1 aliphatic carbocycles. The first-order valence-corrected chi connectivity index (χ1v) is 10.6. The van der Waals surface area contributed by atoms with E-state index in [4.69, 9.17) is 0 Å². The van der Waals surface area contributed by atoms with E-state index in [1.165, 1.54) is 18.1 Å². The summed E-state index contributed by atoms with van der Waals surface area (Å²) in [6.07, 6.45) is 6.60. The van der Waals surface area contributed by atoms with Gasteiger partial charge in [-0.05, 0) is 62.4 Å². The van der Waals surface area contributed by atoms with Gasteiger partial charge in [-0.25, -0.2) is 8.42 Å². The van der Waals surface area contributed by atoms with Crippen LogP contribution in [0.25, 0.3) is 0 Å². The number of carbonyl (C=O) groups is 1. The van der Waals surface area contributed by atoms with E-state index in [9.17, 15) is 13.2 Å². The fourth-order valence-electron chi connectivity index (χ4n) is 3.11. The number of amides is 1. The number of benzene rings is 2. The van der Waals surface area contributed by atoms with Crippen LogP contribution in [0.2, 0.25) is 0 Å². The quantitative estimate of drug-likeness (QED) is 0.739. The van der Waals surface area contributed by atoms with Crippen LogP contribution < -0.4 is 10.0 Å². The van der Waals surface area contributed by atoms with Gasteiger partial charge in [0.05, 0.1) is 4.90 Å². The van der Waals surface area contributed by atoms with Crippen molar-refractivity contribution in [2.75, 3.05) is 11.3 Å². The Kier molecular flexibility index (Phi) is 5.96. The maximum Gasteiger partial charge on any atom is 0.262 e. The molecule has 3 rings (SSSR count). The molecule has 0 aromatic heterocycles. The highest BCUT2D eigenvalue weighted by molar-refractivity contribution is 7.92. The number of hydrogen-bond acceptors (Lipinski definition) is 3. The number of allylic oxidation sites excluding steroid dienone is 1. The minimum Gasteiger partial charge on any atom is -0.348 e. The summed E-state index contributed by atoms with van der Waals surface area (Å²) in [7, 11) is -3.78. The highest BCUT2D eigenvalue weighted by Gasteiger charge is 2.19. The summed E-state index contributed by atoms with van der Waals surface area (Å²) in [6, 6.07) is 13.4. The van der Waals surface area contributed by atoms with Gasteiger partial charge < -0.3 is 5.32 Å². The summed E-state index contributed by atoms with van der Waals surface area (Å²) in [5.41, 5.74) is 2.65. The van der Waals surface area contributed by atoms with E-state index in [0.717, 1.165) is 19.3 Å². The van der Waals surface area contributed by atoms with E-state index in [2.05, 4.69) is 16.1 Å². The number of aryl methyl sites for hydroxylation is 1. The molecule has 0 atom stereocenters. The van der Waals surface area contributed by atoms with Crippen LogP contribution in [0.5, 0.6) is 0 Å². The molecule has 27 heavy (non-hydrogen) atoms. The number of para-hydroxylation sites is 1. The Morgan fingerprint density at radius 1 is 1.07 bits per heavy atom. The van der Waals surface area contributed by atoms with Crippen molar-refractivity contribution in [2.45, 2.75) is 37.5 Å². The van der Waals surface area contributed by atoms with Crippen LogP contribution in [-0.4, -0.2) is 20.9 Å². The van der Waals surface area contributed by atoms with E-state index in [0.29, 0.717) is 23.4 Å². The molecular weight excluding hydrogens is 360 g/mol. The first kappa shape index (κ1) is 19.2. The standard InChI is InChI=1S/C21H24N2O3S/c1-16-12-13-18(21(24)22-15-17-8-4-2-5-9-17)14-20(16)27(25,26)23-19-10-6-3-7-11-19/h3,6-8,10-14,23H,2,4-5,9,15H2,1H3,(H,22,24). The van der Waals surface area contributed by atoms with Crippen molar-refractivity contribution in [1.29, 1.82) is 0 Å². The lowest BCUT2D eigenvalue weighted by Crippen LogP contribution is -2.26. The lowest BCUT2D eigenvalue weighted by atomic mass is 9.99. The van der Waals surface area contributed by atoms with Crippen LogP contribution in [0.15, 0.2) is 65.1 Å². The number of carbonyl (C=O) groups excluding carboxylic acids is 1. The fourth-order valence-corrected chi connectivity index (χ4v) is 4.44. The van der Waals surface area contributed by atoms with Gasteiger partial charge in [-0.1, -0.05) is 35.9 Å². The van der Waals surface area contributed by atoms with E-state index in [1.807, 2.05) is 6.07 Å². The van der Waals surface area contributed by atoms with Gasteiger partial charge in [0.1, 0.15) is 0 Å². The minimum atomic E-state index is -3.78. The molecule has 6 heteroatoms. The van der Waals surface area contributed by atoms with Crippen molar-refractivity contribution in [3.8, 4) is 0 Å². The van der Waals surface area contributed by atoms with Crippen LogP contribution in [0.3, 0.4) is 0 Å². The Morgan fingerprint density at radius 3 is 2.56 bits per heavy atom. The molecule has 2 N–H and O–H groups in total. The topological polar surface area (TPSA) is 75.3 Å². The average molecular weight is 385 g/mol. The maximum atomic E-state index is 12.8. The van der Waals surface area contributed by atoms with E-state index >= 15 is 0 Å². The molecule has 0 unspecified atom stereocenters. The molecule has 142 valence electrons. The molecule has 0 saturated heterocycles. The van der Waals surface area contributed by atoms with Crippen molar-refractivity contribution in [3.05, 3.63) is 71.3 Å². The Morgan fingerprint density at radius 2 is 1.85 bits per heavy atom. The van der Waals surface area contributed by atoms with Gasteiger partial charge in [0, 0.05) is 17.8 Å². The van der Waals surface area contributed by atoms with Gasteiger partial charge in [0.2, 0.25) is 0 Å². The summed E-state index contributed by atoms with van der Waals surface area (Å²) in [4.78, 5) is 12.6. The van der Waals surface area contributed by atoms with Crippen molar-refractivity contribution >= 4 is 21.6 Å². The normalized spacial score (nSPS) is 14.3. The molecule has 0 heterocycles. The van der Waals surface area contributed by atoms with Crippen LogP contribution in [0.1, 0.15) is 41.6 Å². The zero-order valence-corrected chi connectivity index (χ0v) is 16.2. The Hall–Kier alpha value is -2.60. The van der Waals surface area contributed by atoms with Gasteiger partial charge in [-0.2, -0.15) is 0 Å². The first-order chi connectivity index (χ1) is 13.0. The SMILES string of the molecule is Cc1ccc(C(=O)NCC2=CCCCC2)cc1S(=O)(=O)Nc1ccccc1. The van der Waals surface area contributed by atoms with E-state index in [1.54, 1.807) is 43.3 Å². The first-order valence-electron chi connectivity index (χ1n) is 9.10. The van der Waals surface area contributed by atoms with Crippen molar-refractivity contribution in [3.63, 3.8) is 0 Å². The van der Waals surface area contributed by atoms with Crippen molar-refractivity contribution in [1.82, 2.24) is 5.32 Å². The van der Waals surface area contributed by atoms with Crippen molar-refractivity contribution < 1.29 is 13.2 Å². The highest BCUT2D eigenvalue weighted by Crippen LogP contribution is 2.21. The molecule has 0 radical (unpaired) electrons. The number of anilines is 1. The summed E-state index contributed by atoms with van der Waals surface area (Å²) in [6.45, 7) is 2.23. The van der Waals surface area contributed by atoms with Gasteiger partial charge in [0.25, 0.3) is 15.9 Å². The molecular formula is C21H24N2O3S. The average Bonchev–Trinajstić information content (AvgIpc) is 2.67. The van der Waals surface area contributed by atoms with Gasteiger partial charge in [-0.3, -0.25) is 9.52 Å². The van der Waals surface area contributed by atoms with E-state index in [-0.39, 0.29) is 10.8 Å². The van der Waals surface area contributed by atoms with Crippen LogP contribution in [0, 0.1) is 6.92 Å². The smallest absolute Gasteiger partial charge is 0.262 e. The zero-order valence-electron chi connectivity index (χ0n) is 15.4. The molecule has 0 spiro atoms. The molecule has 2 aromatic carbocycles. The molecule has 1 aliphatic rings. The van der Waals surface area contributed by atoms with Gasteiger partial charge >= 0.3 is 0 Å². The summed E-state index contributed by atoms with van der Waals surface area (Å²) < 4.78 is 28.1. The second-order valence-electron chi connectivity index (χ2n) is 6.74. The van der Waals surface area contributed by atoms with Crippen molar-refractivity contribution in [2.24, 2.45) is 0 Å².